The summed E-state index contributed by atoms with van der Waals surface area (Å²) >= 11 is 0. The third kappa shape index (κ3) is 4.41. The summed E-state index contributed by atoms with van der Waals surface area (Å²) in [5.74, 6) is 0. The Balaban J connectivity index is 1.85. The second kappa shape index (κ2) is 8.47. The predicted octanol–water partition coefficient (Wildman–Crippen LogP) is 2.42. The van der Waals surface area contributed by atoms with E-state index in [-0.39, 0.29) is 5.54 Å². The third-order valence-corrected chi connectivity index (χ3v) is 5.59. The Morgan fingerprint density at radius 2 is 2.05 bits per heavy atom. The molecule has 0 radical (unpaired) electrons. The van der Waals surface area contributed by atoms with Crippen molar-refractivity contribution >= 4 is 0 Å². The van der Waals surface area contributed by atoms with Gasteiger partial charge in [-0.3, -0.25) is 4.90 Å². The van der Waals surface area contributed by atoms with Crippen molar-refractivity contribution in [2.45, 2.75) is 70.1 Å². The van der Waals surface area contributed by atoms with E-state index in [2.05, 4.69) is 31.1 Å². The van der Waals surface area contributed by atoms with Gasteiger partial charge in [-0.2, -0.15) is 0 Å². The number of likely N-dealkylation sites (N-methyl/N-ethyl adjacent to an activating group) is 1. The van der Waals surface area contributed by atoms with Crippen molar-refractivity contribution in [3.63, 3.8) is 0 Å². The van der Waals surface area contributed by atoms with E-state index in [0.29, 0.717) is 12.1 Å². The average molecular weight is 298 g/mol. The topological polar surface area (TPSA) is 33.7 Å². The highest BCUT2D eigenvalue weighted by Gasteiger charge is 2.37. The molecule has 2 rings (SSSR count). The van der Waals surface area contributed by atoms with Crippen molar-refractivity contribution in [3.05, 3.63) is 0 Å². The first-order valence-corrected chi connectivity index (χ1v) is 8.82. The van der Waals surface area contributed by atoms with Crippen molar-refractivity contribution in [1.29, 1.82) is 0 Å². The minimum absolute atomic E-state index is 0.231. The summed E-state index contributed by atoms with van der Waals surface area (Å²) in [6.07, 6.45) is 7.94. The fourth-order valence-corrected chi connectivity index (χ4v) is 3.95. The van der Waals surface area contributed by atoms with Gasteiger partial charge in [0, 0.05) is 31.3 Å². The largest absolute Gasteiger partial charge is 0.379 e. The SMILES string of the molecule is CCC(C)(C(CCCC1CCCO1)NC)N1CCOCC1. The van der Waals surface area contributed by atoms with Crippen LogP contribution in [0.3, 0.4) is 0 Å². The van der Waals surface area contributed by atoms with Crippen molar-refractivity contribution < 1.29 is 9.47 Å². The van der Waals surface area contributed by atoms with E-state index in [1.54, 1.807) is 0 Å². The van der Waals surface area contributed by atoms with E-state index >= 15 is 0 Å². The molecule has 1 N–H and O–H groups in total. The van der Waals surface area contributed by atoms with E-state index in [1.807, 2.05) is 0 Å². The number of hydrogen-bond acceptors (Lipinski definition) is 4. The first-order valence-electron chi connectivity index (χ1n) is 8.82. The van der Waals surface area contributed by atoms with Gasteiger partial charge < -0.3 is 14.8 Å². The van der Waals surface area contributed by atoms with Gasteiger partial charge in [-0.1, -0.05) is 6.92 Å². The van der Waals surface area contributed by atoms with Crippen LogP contribution in [-0.2, 0) is 9.47 Å². The highest BCUT2D eigenvalue weighted by Crippen LogP contribution is 2.28. The van der Waals surface area contributed by atoms with Gasteiger partial charge in [-0.05, 0) is 52.5 Å². The molecular formula is C17H34N2O2. The minimum atomic E-state index is 0.231. The van der Waals surface area contributed by atoms with Crippen LogP contribution in [0.4, 0.5) is 0 Å². The summed E-state index contributed by atoms with van der Waals surface area (Å²) in [5.41, 5.74) is 0.231. The summed E-state index contributed by atoms with van der Waals surface area (Å²) in [6.45, 7) is 9.60. The molecule has 0 spiro atoms. The third-order valence-electron chi connectivity index (χ3n) is 5.59. The lowest BCUT2D eigenvalue weighted by Crippen LogP contribution is -2.61. The fourth-order valence-electron chi connectivity index (χ4n) is 3.95. The Kier molecular flexibility index (Phi) is 6.93. The molecule has 4 nitrogen and oxygen atoms in total. The molecule has 2 fully saturated rings. The Labute approximate surface area is 130 Å². The second-order valence-corrected chi connectivity index (χ2v) is 6.72. The molecule has 0 aromatic rings. The smallest absolute Gasteiger partial charge is 0.0594 e. The lowest BCUT2D eigenvalue weighted by atomic mass is 9.83. The number of hydrogen-bond donors (Lipinski definition) is 1. The Bertz CT molecular complexity index is 289. The number of morpholine rings is 1. The van der Waals surface area contributed by atoms with Gasteiger partial charge in [0.15, 0.2) is 0 Å². The van der Waals surface area contributed by atoms with E-state index in [0.717, 1.165) is 32.9 Å². The Morgan fingerprint density at radius 3 is 2.62 bits per heavy atom. The molecule has 0 saturated carbocycles. The Hall–Kier alpha value is -0.160. The Morgan fingerprint density at radius 1 is 1.29 bits per heavy atom. The number of rotatable bonds is 8. The maximum absolute atomic E-state index is 5.75. The maximum atomic E-state index is 5.75. The molecule has 0 aromatic carbocycles. The predicted molar refractivity (Wildman–Crippen MR) is 86.8 cm³/mol. The van der Waals surface area contributed by atoms with Gasteiger partial charge in [-0.15, -0.1) is 0 Å². The molecule has 0 amide bonds. The van der Waals surface area contributed by atoms with Gasteiger partial charge in [0.1, 0.15) is 0 Å². The van der Waals surface area contributed by atoms with Crippen LogP contribution in [0, 0.1) is 0 Å². The molecule has 0 aromatic heterocycles. The molecule has 2 aliphatic rings. The highest BCUT2D eigenvalue weighted by molar-refractivity contribution is 4.96. The van der Waals surface area contributed by atoms with Crippen molar-refractivity contribution in [3.8, 4) is 0 Å². The molecule has 2 aliphatic heterocycles. The van der Waals surface area contributed by atoms with Gasteiger partial charge in [0.05, 0.1) is 19.3 Å². The molecule has 2 heterocycles. The fraction of sp³-hybridized carbons (Fsp3) is 1.00. The number of nitrogens with zero attached hydrogens (tertiary/aromatic N) is 1. The molecule has 0 bridgehead atoms. The summed E-state index contributed by atoms with van der Waals surface area (Å²) in [5, 5.41) is 3.59. The van der Waals surface area contributed by atoms with Gasteiger partial charge in [0.2, 0.25) is 0 Å². The van der Waals surface area contributed by atoms with E-state index in [1.165, 1.54) is 38.5 Å². The molecule has 4 heteroatoms. The van der Waals surface area contributed by atoms with E-state index < -0.39 is 0 Å². The van der Waals surface area contributed by atoms with Gasteiger partial charge >= 0.3 is 0 Å². The van der Waals surface area contributed by atoms with Crippen LogP contribution in [0.2, 0.25) is 0 Å². The van der Waals surface area contributed by atoms with E-state index in [4.69, 9.17) is 9.47 Å². The molecular weight excluding hydrogens is 264 g/mol. The standard InChI is InChI=1S/C17H34N2O2/c1-4-17(2,19-10-13-20-14-11-19)16(18-3)9-5-7-15-8-6-12-21-15/h15-16,18H,4-14H2,1-3H3. The van der Waals surface area contributed by atoms with Crippen LogP contribution in [0.25, 0.3) is 0 Å². The molecule has 0 aliphatic carbocycles. The number of nitrogens with one attached hydrogen (secondary N) is 1. The summed E-state index contributed by atoms with van der Waals surface area (Å²) in [4.78, 5) is 2.63. The van der Waals surface area contributed by atoms with Crippen molar-refractivity contribution in [2.75, 3.05) is 40.0 Å². The zero-order valence-electron chi connectivity index (χ0n) is 14.2. The minimum Gasteiger partial charge on any atom is -0.379 e. The van der Waals surface area contributed by atoms with Crippen LogP contribution < -0.4 is 5.32 Å². The van der Waals surface area contributed by atoms with Crippen LogP contribution in [0.15, 0.2) is 0 Å². The molecule has 2 saturated heterocycles. The monoisotopic (exact) mass is 298 g/mol. The molecule has 3 unspecified atom stereocenters. The molecule has 21 heavy (non-hydrogen) atoms. The van der Waals surface area contributed by atoms with Crippen LogP contribution >= 0.6 is 0 Å². The average Bonchev–Trinajstić information content (AvgIpc) is 3.05. The summed E-state index contributed by atoms with van der Waals surface area (Å²) in [6, 6.07) is 0.544. The van der Waals surface area contributed by atoms with Crippen LogP contribution in [0.1, 0.15) is 52.4 Å². The second-order valence-electron chi connectivity index (χ2n) is 6.72. The maximum Gasteiger partial charge on any atom is 0.0594 e. The first-order chi connectivity index (χ1) is 10.2. The lowest BCUT2D eigenvalue weighted by Gasteiger charge is -2.48. The zero-order chi connectivity index (χ0) is 15.1. The van der Waals surface area contributed by atoms with Gasteiger partial charge in [-0.25, -0.2) is 0 Å². The summed E-state index contributed by atoms with van der Waals surface area (Å²) < 4.78 is 11.3. The summed E-state index contributed by atoms with van der Waals surface area (Å²) in [7, 11) is 2.12. The van der Waals surface area contributed by atoms with E-state index in [9.17, 15) is 0 Å². The quantitative estimate of drug-likeness (QED) is 0.746. The normalized spacial score (nSPS) is 28.4. The highest BCUT2D eigenvalue weighted by atomic mass is 16.5. The number of ether oxygens (including phenoxy) is 2. The molecule has 3 atom stereocenters. The van der Waals surface area contributed by atoms with Gasteiger partial charge in [0.25, 0.3) is 0 Å². The zero-order valence-corrected chi connectivity index (χ0v) is 14.2. The van der Waals surface area contributed by atoms with Crippen molar-refractivity contribution in [2.24, 2.45) is 0 Å². The molecule has 124 valence electrons. The van der Waals surface area contributed by atoms with Crippen LogP contribution in [0.5, 0.6) is 0 Å². The lowest BCUT2D eigenvalue weighted by molar-refractivity contribution is -0.0331. The first kappa shape index (κ1) is 17.2. The van der Waals surface area contributed by atoms with Crippen LogP contribution in [-0.4, -0.2) is 62.5 Å². The van der Waals surface area contributed by atoms with Crippen molar-refractivity contribution in [1.82, 2.24) is 10.2 Å².